The van der Waals surface area contributed by atoms with Crippen LogP contribution in [0.3, 0.4) is 0 Å². The van der Waals surface area contributed by atoms with Crippen LogP contribution in [0.2, 0.25) is 0 Å². The maximum Gasteiger partial charge on any atom is 0.125 e. The van der Waals surface area contributed by atoms with Crippen molar-refractivity contribution < 1.29 is 4.74 Å². The van der Waals surface area contributed by atoms with E-state index in [4.69, 9.17) is 10.5 Å². The van der Waals surface area contributed by atoms with E-state index in [1.807, 2.05) is 30.3 Å². The lowest BCUT2D eigenvalue weighted by molar-refractivity contribution is -0.0850. The fourth-order valence-corrected chi connectivity index (χ4v) is 2.33. The van der Waals surface area contributed by atoms with Gasteiger partial charge in [-0.1, -0.05) is 44.2 Å². The van der Waals surface area contributed by atoms with E-state index in [2.05, 4.69) is 18.8 Å². The highest BCUT2D eigenvalue weighted by atomic mass is 16.5. The third-order valence-corrected chi connectivity index (χ3v) is 3.78. The molecule has 0 saturated heterocycles. The van der Waals surface area contributed by atoms with Crippen LogP contribution >= 0.6 is 0 Å². The zero-order valence-corrected chi connectivity index (χ0v) is 10.7. The number of rotatable bonds is 3. The van der Waals surface area contributed by atoms with E-state index < -0.39 is 0 Å². The van der Waals surface area contributed by atoms with Gasteiger partial charge in [-0.05, 0) is 6.42 Å². The second-order valence-corrected chi connectivity index (χ2v) is 5.18. The predicted molar refractivity (Wildman–Crippen MR) is 70.1 cm³/mol. The zero-order chi connectivity index (χ0) is 12.5. The number of amidine groups is 1. The molecule has 0 aromatic heterocycles. The van der Waals surface area contributed by atoms with Crippen molar-refractivity contribution in [3.63, 3.8) is 0 Å². The van der Waals surface area contributed by atoms with Crippen molar-refractivity contribution in [2.75, 3.05) is 7.11 Å². The van der Waals surface area contributed by atoms with Gasteiger partial charge in [0.25, 0.3) is 0 Å². The van der Waals surface area contributed by atoms with Gasteiger partial charge in [0.2, 0.25) is 0 Å². The first kappa shape index (κ1) is 12.1. The first-order valence-electron chi connectivity index (χ1n) is 5.97. The number of aliphatic imine (C=N–C) groups is 1. The van der Waals surface area contributed by atoms with Crippen molar-refractivity contribution in [2.45, 2.75) is 32.4 Å². The van der Waals surface area contributed by atoms with Gasteiger partial charge in [-0.3, -0.25) is 4.99 Å². The highest BCUT2D eigenvalue weighted by Gasteiger charge is 2.48. The summed E-state index contributed by atoms with van der Waals surface area (Å²) in [6.07, 6.45) is 1.25. The second-order valence-electron chi connectivity index (χ2n) is 5.18. The van der Waals surface area contributed by atoms with E-state index in [9.17, 15) is 0 Å². The highest BCUT2D eigenvalue weighted by molar-refractivity contribution is 5.97. The Bertz CT molecular complexity index is 411. The largest absolute Gasteiger partial charge is 0.383 e. The summed E-state index contributed by atoms with van der Waals surface area (Å²) in [5.74, 6) is 0.623. The number of ether oxygens (including phenoxy) is 1. The Balaban J connectivity index is 2.12. The van der Waals surface area contributed by atoms with Gasteiger partial charge in [0.15, 0.2) is 0 Å². The lowest BCUT2D eigenvalue weighted by Crippen LogP contribution is -2.53. The summed E-state index contributed by atoms with van der Waals surface area (Å²) >= 11 is 0. The standard InChI is InChI=1S/C14H20N2O/c1-14(2)11(9-12(14)17-3)16-13(15)10-7-5-4-6-8-10/h4-8,11-12H,9H2,1-3H3,(H2,15,16). The number of nitrogens with zero attached hydrogens (tertiary/aromatic N) is 1. The van der Waals surface area contributed by atoms with Crippen LogP contribution in [0, 0.1) is 5.41 Å². The molecule has 92 valence electrons. The molecule has 1 aromatic carbocycles. The molecule has 0 amide bonds. The van der Waals surface area contributed by atoms with Crippen LogP contribution in [-0.4, -0.2) is 25.1 Å². The van der Waals surface area contributed by atoms with Crippen molar-refractivity contribution in [1.82, 2.24) is 0 Å². The van der Waals surface area contributed by atoms with Gasteiger partial charge in [-0.15, -0.1) is 0 Å². The molecule has 0 radical (unpaired) electrons. The van der Waals surface area contributed by atoms with Gasteiger partial charge in [-0.25, -0.2) is 0 Å². The molecule has 0 aliphatic heterocycles. The number of hydrogen-bond donors (Lipinski definition) is 1. The SMILES string of the molecule is COC1CC(N=C(N)c2ccccc2)C1(C)C. The van der Waals surface area contributed by atoms with Crippen molar-refractivity contribution >= 4 is 5.84 Å². The molecule has 17 heavy (non-hydrogen) atoms. The molecule has 1 fully saturated rings. The van der Waals surface area contributed by atoms with E-state index in [-0.39, 0.29) is 11.5 Å². The summed E-state index contributed by atoms with van der Waals surface area (Å²) in [7, 11) is 1.76. The highest BCUT2D eigenvalue weighted by Crippen LogP contribution is 2.44. The van der Waals surface area contributed by atoms with Crippen LogP contribution < -0.4 is 5.73 Å². The summed E-state index contributed by atoms with van der Waals surface area (Å²) in [5.41, 5.74) is 7.09. The van der Waals surface area contributed by atoms with Gasteiger partial charge in [0, 0.05) is 18.1 Å². The van der Waals surface area contributed by atoms with Crippen LogP contribution in [0.25, 0.3) is 0 Å². The van der Waals surface area contributed by atoms with Gasteiger partial charge >= 0.3 is 0 Å². The van der Waals surface area contributed by atoms with Gasteiger partial charge in [0.1, 0.15) is 5.84 Å². The quantitative estimate of drug-likeness (QED) is 0.641. The molecular formula is C14H20N2O. The summed E-state index contributed by atoms with van der Waals surface area (Å²) in [5, 5.41) is 0. The van der Waals surface area contributed by atoms with E-state index >= 15 is 0 Å². The molecular weight excluding hydrogens is 212 g/mol. The number of hydrogen-bond acceptors (Lipinski definition) is 2. The molecule has 3 heteroatoms. The van der Waals surface area contributed by atoms with E-state index in [0.29, 0.717) is 11.9 Å². The molecule has 0 spiro atoms. The van der Waals surface area contributed by atoms with Crippen LogP contribution in [-0.2, 0) is 4.74 Å². The first-order valence-corrected chi connectivity index (χ1v) is 5.97. The first-order chi connectivity index (χ1) is 8.05. The van der Waals surface area contributed by atoms with Gasteiger partial charge < -0.3 is 10.5 Å². The maximum atomic E-state index is 6.02. The smallest absolute Gasteiger partial charge is 0.125 e. The average Bonchev–Trinajstić information content (AvgIpc) is 2.34. The summed E-state index contributed by atoms with van der Waals surface area (Å²) in [6.45, 7) is 4.36. The molecule has 1 aromatic rings. The summed E-state index contributed by atoms with van der Waals surface area (Å²) in [4.78, 5) is 4.62. The summed E-state index contributed by atoms with van der Waals surface area (Å²) in [6, 6.07) is 10.2. The Morgan fingerprint density at radius 1 is 1.35 bits per heavy atom. The van der Waals surface area contributed by atoms with Crippen LogP contribution in [0.4, 0.5) is 0 Å². The molecule has 2 atom stereocenters. The molecule has 1 aliphatic carbocycles. The molecule has 3 nitrogen and oxygen atoms in total. The Labute approximate surface area is 103 Å². The fourth-order valence-electron chi connectivity index (χ4n) is 2.33. The van der Waals surface area contributed by atoms with E-state index in [1.165, 1.54) is 0 Å². The summed E-state index contributed by atoms with van der Waals surface area (Å²) < 4.78 is 5.41. The predicted octanol–water partition coefficient (Wildman–Crippen LogP) is 2.21. The molecule has 0 bridgehead atoms. The second kappa shape index (κ2) is 4.49. The van der Waals surface area contributed by atoms with E-state index in [0.717, 1.165) is 12.0 Å². The van der Waals surface area contributed by atoms with Crippen LogP contribution in [0.1, 0.15) is 25.8 Å². The third kappa shape index (κ3) is 2.20. The average molecular weight is 232 g/mol. The van der Waals surface area contributed by atoms with Crippen LogP contribution in [0.5, 0.6) is 0 Å². The molecule has 1 aliphatic rings. The van der Waals surface area contributed by atoms with Crippen molar-refractivity contribution in [3.8, 4) is 0 Å². The topological polar surface area (TPSA) is 47.6 Å². The number of nitrogens with two attached hydrogens (primary N) is 1. The maximum absolute atomic E-state index is 6.02. The molecule has 2 N–H and O–H groups in total. The fraction of sp³-hybridized carbons (Fsp3) is 0.500. The molecule has 1 saturated carbocycles. The molecule has 0 heterocycles. The van der Waals surface area contributed by atoms with Gasteiger partial charge in [-0.2, -0.15) is 0 Å². The lowest BCUT2D eigenvalue weighted by atomic mass is 9.65. The lowest BCUT2D eigenvalue weighted by Gasteiger charge is -2.49. The number of benzene rings is 1. The zero-order valence-electron chi connectivity index (χ0n) is 10.7. The van der Waals surface area contributed by atoms with Crippen molar-refractivity contribution in [2.24, 2.45) is 16.1 Å². The Kier molecular flexibility index (Phi) is 3.20. The normalized spacial score (nSPS) is 27.6. The Morgan fingerprint density at radius 3 is 2.53 bits per heavy atom. The minimum absolute atomic E-state index is 0.0775. The van der Waals surface area contributed by atoms with Gasteiger partial charge in [0.05, 0.1) is 12.1 Å². The molecule has 2 unspecified atom stereocenters. The Hall–Kier alpha value is -1.35. The van der Waals surface area contributed by atoms with E-state index in [1.54, 1.807) is 7.11 Å². The monoisotopic (exact) mass is 232 g/mol. The van der Waals surface area contributed by atoms with Crippen LogP contribution in [0.15, 0.2) is 35.3 Å². The third-order valence-electron chi connectivity index (χ3n) is 3.78. The molecule has 2 rings (SSSR count). The van der Waals surface area contributed by atoms with Crippen molar-refractivity contribution in [1.29, 1.82) is 0 Å². The minimum Gasteiger partial charge on any atom is -0.383 e. The number of methoxy groups -OCH3 is 1. The minimum atomic E-state index is 0.0775. The van der Waals surface area contributed by atoms with Crippen molar-refractivity contribution in [3.05, 3.63) is 35.9 Å². The Morgan fingerprint density at radius 2 is 2.00 bits per heavy atom.